The van der Waals surface area contributed by atoms with E-state index in [0.717, 1.165) is 19.5 Å². The van der Waals surface area contributed by atoms with Crippen LogP contribution in [0.15, 0.2) is 49.1 Å². The molecule has 0 aliphatic carbocycles. The Morgan fingerprint density at radius 2 is 2.00 bits per heavy atom. The molecule has 1 amide bonds. The van der Waals surface area contributed by atoms with Gasteiger partial charge in [0.2, 0.25) is 10.3 Å². The van der Waals surface area contributed by atoms with Crippen molar-refractivity contribution in [1.29, 1.82) is 0 Å². The zero-order valence-corrected chi connectivity index (χ0v) is 13.2. The van der Waals surface area contributed by atoms with E-state index in [-0.39, 0.29) is 5.91 Å². The first kappa shape index (κ1) is 15.2. The van der Waals surface area contributed by atoms with Crippen molar-refractivity contribution in [3.63, 3.8) is 0 Å². The van der Waals surface area contributed by atoms with Crippen molar-refractivity contribution in [2.24, 2.45) is 0 Å². The summed E-state index contributed by atoms with van der Waals surface area (Å²) in [6.45, 7) is 1.67. The van der Waals surface area contributed by atoms with Crippen LogP contribution in [0.5, 0.6) is 0 Å². The molecule has 3 rings (SSSR count). The van der Waals surface area contributed by atoms with Gasteiger partial charge in [-0.3, -0.25) is 10.1 Å². The normalized spacial score (nSPS) is 10.4. The fraction of sp³-hybridized carbons (Fsp3) is 0.200. The number of nitrogens with one attached hydrogen (secondary N) is 2. The highest BCUT2D eigenvalue weighted by Crippen LogP contribution is 2.20. The highest BCUT2D eigenvalue weighted by Gasteiger charge is 2.09. The molecule has 23 heavy (non-hydrogen) atoms. The summed E-state index contributed by atoms with van der Waals surface area (Å²) in [5.74, 6) is -0.187. The molecule has 2 heterocycles. The van der Waals surface area contributed by atoms with E-state index in [0.29, 0.717) is 15.8 Å². The first-order chi connectivity index (χ1) is 11.3. The number of imidazole rings is 1. The van der Waals surface area contributed by atoms with Crippen molar-refractivity contribution in [2.75, 3.05) is 17.2 Å². The Morgan fingerprint density at radius 1 is 1.17 bits per heavy atom. The monoisotopic (exact) mass is 328 g/mol. The summed E-state index contributed by atoms with van der Waals surface area (Å²) < 4.78 is 2.02. The van der Waals surface area contributed by atoms with Gasteiger partial charge in [-0.05, 0) is 18.6 Å². The van der Waals surface area contributed by atoms with Crippen LogP contribution in [0.25, 0.3) is 0 Å². The van der Waals surface area contributed by atoms with Crippen molar-refractivity contribution in [2.45, 2.75) is 13.0 Å². The first-order valence-electron chi connectivity index (χ1n) is 7.21. The number of aromatic nitrogens is 4. The summed E-state index contributed by atoms with van der Waals surface area (Å²) in [6, 6.07) is 9.02. The van der Waals surface area contributed by atoms with Gasteiger partial charge in [-0.25, -0.2) is 4.98 Å². The Balaban J connectivity index is 1.45. The van der Waals surface area contributed by atoms with Crippen LogP contribution in [0.1, 0.15) is 16.8 Å². The van der Waals surface area contributed by atoms with Crippen molar-refractivity contribution in [3.05, 3.63) is 54.6 Å². The summed E-state index contributed by atoms with van der Waals surface area (Å²) >= 11 is 1.32. The maximum Gasteiger partial charge on any atom is 0.257 e. The molecule has 0 spiro atoms. The van der Waals surface area contributed by atoms with E-state index in [9.17, 15) is 4.79 Å². The molecule has 2 aromatic heterocycles. The minimum atomic E-state index is -0.187. The molecule has 0 unspecified atom stereocenters. The lowest BCUT2D eigenvalue weighted by molar-refractivity contribution is 0.102. The number of amides is 1. The molecule has 0 aliphatic rings. The van der Waals surface area contributed by atoms with Crippen molar-refractivity contribution < 1.29 is 4.79 Å². The Bertz CT molecular complexity index is 740. The van der Waals surface area contributed by atoms with Gasteiger partial charge < -0.3 is 9.88 Å². The van der Waals surface area contributed by atoms with Gasteiger partial charge in [-0.15, -0.1) is 10.2 Å². The number of hydrogen-bond donors (Lipinski definition) is 2. The number of nitrogens with zero attached hydrogens (tertiary/aromatic N) is 4. The van der Waals surface area contributed by atoms with Gasteiger partial charge in [0.05, 0.1) is 6.33 Å². The number of aryl methyl sites for hydroxylation is 1. The van der Waals surface area contributed by atoms with Crippen LogP contribution in [-0.2, 0) is 6.54 Å². The summed E-state index contributed by atoms with van der Waals surface area (Å²) in [6.07, 6.45) is 6.44. The molecule has 0 fully saturated rings. The quantitative estimate of drug-likeness (QED) is 0.651. The highest BCUT2D eigenvalue weighted by molar-refractivity contribution is 7.19. The Labute approximate surface area is 137 Å². The van der Waals surface area contributed by atoms with Crippen molar-refractivity contribution in [3.8, 4) is 0 Å². The van der Waals surface area contributed by atoms with E-state index in [2.05, 4.69) is 25.8 Å². The van der Waals surface area contributed by atoms with E-state index >= 15 is 0 Å². The molecule has 3 aromatic rings. The van der Waals surface area contributed by atoms with Gasteiger partial charge in [0.15, 0.2) is 0 Å². The lowest BCUT2D eigenvalue weighted by Gasteiger charge is -2.02. The summed E-state index contributed by atoms with van der Waals surface area (Å²) in [4.78, 5) is 16.0. The summed E-state index contributed by atoms with van der Waals surface area (Å²) in [5, 5.41) is 15.1. The third-order valence-electron chi connectivity index (χ3n) is 3.11. The second-order valence-corrected chi connectivity index (χ2v) is 5.79. The number of rotatable bonds is 7. The first-order valence-corrected chi connectivity index (χ1v) is 8.02. The molecular formula is C15H16N6OS. The molecule has 8 heteroatoms. The highest BCUT2D eigenvalue weighted by atomic mass is 32.1. The van der Waals surface area contributed by atoms with E-state index in [1.165, 1.54) is 11.3 Å². The number of benzene rings is 1. The average molecular weight is 328 g/mol. The Kier molecular flexibility index (Phi) is 4.95. The Morgan fingerprint density at radius 3 is 2.78 bits per heavy atom. The van der Waals surface area contributed by atoms with Gasteiger partial charge in [-0.2, -0.15) is 0 Å². The molecule has 0 atom stereocenters. The molecule has 0 bridgehead atoms. The molecular weight excluding hydrogens is 312 g/mol. The second kappa shape index (κ2) is 7.50. The van der Waals surface area contributed by atoms with Crippen LogP contribution in [0.2, 0.25) is 0 Å². The number of hydrogen-bond acceptors (Lipinski definition) is 6. The zero-order valence-electron chi connectivity index (χ0n) is 12.3. The van der Waals surface area contributed by atoms with Crippen LogP contribution in [0, 0.1) is 0 Å². The predicted octanol–water partition coefficient (Wildman–Crippen LogP) is 2.49. The molecule has 0 radical (unpaired) electrons. The summed E-state index contributed by atoms with van der Waals surface area (Å²) in [7, 11) is 0. The predicted molar refractivity (Wildman–Crippen MR) is 89.6 cm³/mol. The molecule has 0 saturated carbocycles. The van der Waals surface area contributed by atoms with Crippen LogP contribution in [-0.4, -0.2) is 32.2 Å². The zero-order chi connectivity index (χ0) is 15.9. The number of carbonyl (C=O) groups is 1. The Hall–Kier alpha value is -2.74. The molecule has 2 N–H and O–H groups in total. The van der Waals surface area contributed by atoms with Crippen molar-refractivity contribution >= 4 is 27.5 Å². The van der Waals surface area contributed by atoms with Crippen molar-refractivity contribution in [1.82, 2.24) is 19.7 Å². The van der Waals surface area contributed by atoms with Crippen LogP contribution >= 0.6 is 11.3 Å². The lowest BCUT2D eigenvalue weighted by Crippen LogP contribution is -2.11. The fourth-order valence-corrected chi connectivity index (χ4v) is 2.64. The standard InChI is InChI=1S/C15H16N6OS/c22-13(12-5-2-1-3-6-12)18-15-20-19-14(23-15)17-7-4-9-21-10-8-16-11-21/h1-3,5-6,8,10-11H,4,7,9H2,(H,17,19)(H,18,20,22). The van der Waals surface area contributed by atoms with E-state index < -0.39 is 0 Å². The van der Waals surface area contributed by atoms with Gasteiger partial charge in [0.1, 0.15) is 0 Å². The van der Waals surface area contributed by atoms with Gasteiger partial charge in [-0.1, -0.05) is 29.5 Å². The molecule has 118 valence electrons. The average Bonchev–Trinajstić information content (AvgIpc) is 3.24. The maximum absolute atomic E-state index is 12.0. The van der Waals surface area contributed by atoms with E-state index in [1.54, 1.807) is 24.7 Å². The topological polar surface area (TPSA) is 84.7 Å². The van der Waals surface area contributed by atoms with Gasteiger partial charge in [0, 0.05) is 31.0 Å². The SMILES string of the molecule is O=C(Nc1nnc(NCCCn2ccnc2)s1)c1ccccc1. The second-order valence-electron chi connectivity index (χ2n) is 4.81. The maximum atomic E-state index is 12.0. The number of carbonyl (C=O) groups excluding carboxylic acids is 1. The van der Waals surface area contributed by atoms with Crippen LogP contribution in [0.4, 0.5) is 10.3 Å². The minimum Gasteiger partial charge on any atom is -0.360 e. The third kappa shape index (κ3) is 4.36. The molecule has 7 nitrogen and oxygen atoms in total. The van der Waals surface area contributed by atoms with E-state index in [1.807, 2.05) is 29.0 Å². The van der Waals surface area contributed by atoms with E-state index in [4.69, 9.17) is 0 Å². The molecule has 0 saturated heterocycles. The number of anilines is 2. The largest absolute Gasteiger partial charge is 0.360 e. The van der Waals surface area contributed by atoms with Gasteiger partial charge in [0.25, 0.3) is 5.91 Å². The molecule has 0 aliphatic heterocycles. The summed E-state index contributed by atoms with van der Waals surface area (Å²) in [5.41, 5.74) is 0.595. The minimum absolute atomic E-state index is 0.187. The van der Waals surface area contributed by atoms with Crippen LogP contribution < -0.4 is 10.6 Å². The fourth-order valence-electron chi connectivity index (χ4n) is 1.98. The lowest BCUT2D eigenvalue weighted by atomic mass is 10.2. The van der Waals surface area contributed by atoms with Crippen LogP contribution in [0.3, 0.4) is 0 Å². The smallest absolute Gasteiger partial charge is 0.257 e. The molecule has 1 aromatic carbocycles. The third-order valence-corrected chi connectivity index (χ3v) is 3.91. The van der Waals surface area contributed by atoms with Gasteiger partial charge >= 0.3 is 0 Å².